The highest BCUT2D eigenvalue weighted by molar-refractivity contribution is 6.80. The molecule has 4 aromatic rings. The highest BCUT2D eigenvalue weighted by Gasteiger charge is 2.40. The van der Waals surface area contributed by atoms with E-state index >= 15 is 0 Å². The van der Waals surface area contributed by atoms with Crippen molar-refractivity contribution in [2.45, 2.75) is 77.8 Å². The van der Waals surface area contributed by atoms with Crippen LogP contribution >= 0.6 is 23.2 Å². The maximum Gasteiger partial charge on any atom is 0.658 e. The molecular weight excluding hydrogens is 534 g/mol. The minimum Gasteiger partial charge on any atom is -0.525 e. The fraction of sp³-hybridized carbons (Fsp3) is 0.429. The summed E-state index contributed by atoms with van der Waals surface area (Å²) in [6, 6.07) is 11.9. The minimum absolute atomic E-state index is 0.125. The van der Waals surface area contributed by atoms with Gasteiger partial charge in [0, 0.05) is 23.2 Å². The van der Waals surface area contributed by atoms with Crippen LogP contribution in [-0.4, -0.2) is 32.6 Å². The summed E-state index contributed by atoms with van der Waals surface area (Å²) in [5, 5.41) is 3.66. The van der Waals surface area contributed by atoms with Gasteiger partial charge in [-0.15, -0.1) is 0 Å². The molecule has 0 spiro atoms. The third-order valence-corrected chi connectivity index (χ3v) is 19.8. The predicted octanol–water partition coefficient (Wildman–Crippen LogP) is 9.60. The molecule has 0 aliphatic carbocycles. The second-order valence-corrected chi connectivity index (χ2v) is 24.0. The summed E-state index contributed by atoms with van der Waals surface area (Å²) in [5.41, 5.74) is 2.03. The zero-order valence-corrected chi connectivity index (χ0v) is 27.2. The summed E-state index contributed by atoms with van der Waals surface area (Å²) in [5.74, 6) is 1.46. The molecule has 0 aliphatic rings. The normalized spacial score (nSPS) is 13.4. The average molecular weight is 573 g/mol. The van der Waals surface area contributed by atoms with Crippen molar-refractivity contribution in [1.82, 2.24) is 8.47 Å². The Morgan fingerprint density at radius 1 is 0.649 bits per heavy atom. The van der Waals surface area contributed by atoms with Crippen LogP contribution in [0.15, 0.2) is 48.8 Å². The molecule has 0 unspecified atom stereocenters. The summed E-state index contributed by atoms with van der Waals surface area (Å²) >= 11 is 13.4. The number of benzene rings is 2. The van der Waals surface area contributed by atoms with Gasteiger partial charge in [0.05, 0.1) is 21.1 Å². The standard InChI is InChI=1S/C28H38BCl2N2O2Si2/c1-27(2,3)36(7,8)32-17-23(19-13-11-15-21(30)25(19)32)34-29-35-24-18-33(37(9,10)28(4,5)6)26-20(24)14-12-16-22(26)31/h11-18H,1-10H3. The lowest BCUT2D eigenvalue weighted by Gasteiger charge is -2.38. The Labute approximate surface area is 234 Å². The molecule has 4 nitrogen and oxygen atoms in total. The lowest BCUT2D eigenvalue weighted by Crippen LogP contribution is -2.45. The van der Waals surface area contributed by atoms with E-state index in [-0.39, 0.29) is 10.1 Å². The van der Waals surface area contributed by atoms with Crippen LogP contribution in [0.5, 0.6) is 11.5 Å². The molecule has 37 heavy (non-hydrogen) atoms. The molecule has 4 rings (SSSR count). The van der Waals surface area contributed by atoms with Crippen LogP contribution in [0, 0.1) is 0 Å². The van der Waals surface area contributed by atoms with Gasteiger partial charge in [-0.05, 0) is 34.3 Å². The zero-order chi connectivity index (χ0) is 27.6. The zero-order valence-electron chi connectivity index (χ0n) is 23.7. The summed E-state index contributed by atoms with van der Waals surface area (Å²) < 4.78 is 17.1. The SMILES string of the molecule is CC(C)(C)[Si](C)(C)n1cc(O[B]Oc2cn([Si](C)(C)C(C)(C)C)c3c(Cl)cccc23)c2cccc(Cl)c21. The quantitative estimate of drug-likeness (QED) is 0.215. The van der Waals surface area contributed by atoms with Crippen molar-refractivity contribution in [3.8, 4) is 11.5 Å². The largest absolute Gasteiger partial charge is 0.658 e. The van der Waals surface area contributed by atoms with E-state index in [0.717, 1.165) is 43.4 Å². The number of hydrogen-bond donors (Lipinski definition) is 0. The Morgan fingerprint density at radius 3 is 1.32 bits per heavy atom. The summed E-state index contributed by atoms with van der Waals surface area (Å²) in [6.07, 6.45) is 4.17. The Morgan fingerprint density at radius 2 is 1.00 bits per heavy atom. The van der Waals surface area contributed by atoms with Crippen molar-refractivity contribution in [2.75, 3.05) is 0 Å². The van der Waals surface area contributed by atoms with E-state index in [2.05, 4.69) is 101 Å². The first-order valence-electron chi connectivity index (χ1n) is 12.7. The first kappa shape index (κ1) is 28.2. The van der Waals surface area contributed by atoms with Gasteiger partial charge in [0.15, 0.2) is 16.5 Å². The Hall–Kier alpha value is -1.80. The molecule has 9 heteroatoms. The molecule has 2 heterocycles. The van der Waals surface area contributed by atoms with Crippen LogP contribution in [0.2, 0.25) is 46.3 Å². The van der Waals surface area contributed by atoms with Crippen molar-refractivity contribution < 1.29 is 9.31 Å². The summed E-state index contributed by atoms with van der Waals surface area (Å²) in [6.45, 7) is 23.2. The van der Waals surface area contributed by atoms with Crippen LogP contribution < -0.4 is 9.31 Å². The highest BCUT2D eigenvalue weighted by atomic mass is 35.5. The van der Waals surface area contributed by atoms with Crippen LogP contribution in [0.3, 0.4) is 0 Å². The van der Waals surface area contributed by atoms with E-state index in [4.69, 9.17) is 32.5 Å². The lowest BCUT2D eigenvalue weighted by molar-refractivity contribution is 0.464. The van der Waals surface area contributed by atoms with Gasteiger partial charge in [0.25, 0.3) is 0 Å². The maximum atomic E-state index is 6.72. The first-order valence-corrected chi connectivity index (χ1v) is 19.4. The molecule has 0 amide bonds. The smallest absolute Gasteiger partial charge is 0.525 e. The van der Waals surface area contributed by atoms with E-state index in [9.17, 15) is 0 Å². The summed E-state index contributed by atoms with van der Waals surface area (Å²) in [4.78, 5) is 0. The van der Waals surface area contributed by atoms with Crippen LogP contribution in [0.1, 0.15) is 41.5 Å². The molecule has 2 aromatic carbocycles. The van der Waals surface area contributed by atoms with Gasteiger partial charge in [-0.3, -0.25) is 0 Å². The predicted molar refractivity (Wildman–Crippen MR) is 166 cm³/mol. The number of nitrogens with zero attached hydrogens (tertiary/aromatic N) is 2. The summed E-state index contributed by atoms with van der Waals surface area (Å²) in [7, 11) is -2.48. The van der Waals surface area contributed by atoms with Crippen molar-refractivity contribution in [3.05, 3.63) is 58.8 Å². The number of rotatable bonds is 6. The van der Waals surface area contributed by atoms with E-state index in [1.807, 2.05) is 24.3 Å². The molecular formula is C28H38BCl2N2O2Si2. The molecule has 0 atom stereocenters. The minimum atomic E-state index is -1.95. The van der Waals surface area contributed by atoms with Gasteiger partial charge in [-0.1, -0.05) is 103 Å². The number of aromatic nitrogens is 2. The number of hydrogen-bond acceptors (Lipinski definition) is 2. The number of para-hydroxylation sites is 2. The topological polar surface area (TPSA) is 28.3 Å². The molecule has 0 N–H and O–H groups in total. The van der Waals surface area contributed by atoms with Gasteiger partial charge in [0.2, 0.25) is 0 Å². The molecule has 0 saturated heterocycles. The van der Waals surface area contributed by atoms with Gasteiger partial charge in [-0.25, -0.2) is 0 Å². The Bertz CT molecular complexity index is 1350. The fourth-order valence-corrected chi connectivity index (χ4v) is 8.94. The van der Waals surface area contributed by atoms with Crippen LogP contribution in [-0.2, 0) is 0 Å². The first-order chi connectivity index (χ1) is 17.0. The van der Waals surface area contributed by atoms with Crippen molar-refractivity contribution >= 4 is 69.2 Å². The lowest BCUT2D eigenvalue weighted by atomic mass is 10.2. The van der Waals surface area contributed by atoms with Crippen LogP contribution in [0.25, 0.3) is 21.8 Å². The van der Waals surface area contributed by atoms with Crippen LogP contribution in [0.4, 0.5) is 0 Å². The maximum absolute atomic E-state index is 6.72. The second kappa shape index (κ2) is 9.44. The molecule has 1 radical (unpaired) electrons. The highest BCUT2D eigenvalue weighted by Crippen LogP contribution is 2.44. The van der Waals surface area contributed by atoms with E-state index in [1.54, 1.807) is 0 Å². The molecule has 0 fully saturated rings. The molecule has 2 aromatic heterocycles. The van der Waals surface area contributed by atoms with Crippen molar-refractivity contribution in [1.29, 1.82) is 0 Å². The fourth-order valence-electron chi connectivity index (χ4n) is 4.34. The molecule has 0 saturated carbocycles. The van der Waals surface area contributed by atoms with Gasteiger partial charge >= 0.3 is 7.69 Å². The van der Waals surface area contributed by atoms with E-state index in [1.165, 1.54) is 7.69 Å². The van der Waals surface area contributed by atoms with Crippen molar-refractivity contribution in [2.24, 2.45) is 0 Å². The Balaban J connectivity index is 1.70. The number of halogens is 2. The molecule has 0 bridgehead atoms. The van der Waals surface area contributed by atoms with E-state index < -0.39 is 16.5 Å². The van der Waals surface area contributed by atoms with Gasteiger partial charge < -0.3 is 17.8 Å². The average Bonchev–Trinajstić information content (AvgIpc) is 3.34. The van der Waals surface area contributed by atoms with E-state index in [0.29, 0.717) is 0 Å². The monoisotopic (exact) mass is 571 g/mol. The third kappa shape index (κ3) is 4.77. The molecule has 197 valence electrons. The third-order valence-electron chi connectivity index (χ3n) is 8.70. The van der Waals surface area contributed by atoms with Gasteiger partial charge in [-0.2, -0.15) is 0 Å². The Kier molecular flexibility index (Phi) is 7.20. The van der Waals surface area contributed by atoms with Crippen molar-refractivity contribution in [3.63, 3.8) is 0 Å². The number of fused-ring (bicyclic) bond motifs is 2. The van der Waals surface area contributed by atoms with Gasteiger partial charge in [0.1, 0.15) is 11.5 Å². The second-order valence-electron chi connectivity index (χ2n) is 12.9. The molecule has 0 aliphatic heterocycles.